The van der Waals surface area contributed by atoms with Crippen LogP contribution >= 0.6 is 0 Å². The fourth-order valence-corrected chi connectivity index (χ4v) is 3.82. The Labute approximate surface area is 182 Å². The van der Waals surface area contributed by atoms with Gasteiger partial charge in [0.05, 0.1) is 24.4 Å². The van der Waals surface area contributed by atoms with Gasteiger partial charge in [-0.1, -0.05) is 12.8 Å². The highest BCUT2D eigenvalue weighted by atomic mass is 16.5. The zero-order chi connectivity index (χ0) is 23.0. The Morgan fingerprint density at radius 2 is 1.32 bits per heavy atom. The van der Waals surface area contributed by atoms with Crippen molar-refractivity contribution in [1.82, 2.24) is 10.2 Å². The van der Waals surface area contributed by atoms with Gasteiger partial charge in [-0.3, -0.25) is 9.59 Å². The zero-order valence-corrected chi connectivity index (χ0v) is 18.7. The Kier molecular flexibility index (Phi) is 9.08. The van der Waals surface area contributed by atoms with E-state index in [9.17, 15) is 19.2 Å². The van der Waals surface area contributed by atoms with E-state index in [0.717, 1.165) is 25.7 Å². The summed E-state index contributed by atoms with van der Waals surface area (Å²) in [5.41, 5.74) is 0.708. The van der Waals surface area contributed by atoms with Crippen LogP contribution in [0.4, 0.5) is 0 Å². The van der Waals surface area contributed by atoms with E-state index < -0.39 is 30.4 Å². The van der Waals surface area contributed by atoms with Crippen LogP contribution in [-0.2, 0) is 33.4 Å². The van der Waals surface area contributed by atoms with Gasteiger partial charge in [0.25, 0.3) is 5.91 Å². The minimum Gasteiger partial charge on any atom is -0.463 e. The van der Waals surface area contributed by atoms with E-state index in [2.05, 4.69) is 5.32 Å². The van der Waals surface area contributed by atoms with Crippen molar-refractivity contribution >= 4 is 23.8 Å². The van der Waals surface area contributed by atoms with Crippen LogP contribution in [0.1, 0.15) is 53.4 Å². The molecule has 2 heterocycles. The molecular formula is C22H32N2O7. The van der Waals surface area contributed by atoms with Gasteiger partial charge in [-0.15, -0.1) is 0 Å². The molecule has 0 aromatic rings. The smallest absolute Gasteiger partial charge is 0.337 e. The minimum atomic E-state index is -1.34. The summed E-state index contributed by atoms with van der Waals surface area (Å²) in [6, 6.07) is 0. The van der Waals surface area contributed by atoms with E-state index in [0.29, 0.717) is 24.5 Å². The molecule has 9 nitrogen and oxygen atoms in total. The highest BCUT2D eigenvalue weighted by molar-refractivity contribution is 6.05. The molecule has 1 amide bonds. The molecule has 0 saturated carbocycles. The molecule has 2 aliphatic rings. The quantitative estimate of drug-likeness (QED) is 0.475. The number of esters is 3. The van der Waals surface area contributed by atoms with Crippen molar-refractivity contribution in [3.05, 3.63) is 22.5 Å². The monoisotopic (exact) mass is 436 g/mol. The maximum atomic E-state index is 13.1. The van der Waals surface area contributed by atoms with E-state index in [-0.39, 0.29) is 30.3 Å². The number of nitrogens with one attached hydrogen (secondary N) is 1. The second-order valence-electron chi connectivity index (χ2n) is 7.48. The normalized spacial score (nSPS) is 17.6. The number of likely N-dealkylation sites (tertiary alicyclic amines) is 1. The summed E-state index contributed by atoms with van der Waals surface area (Å²) in [6.07, 6.45) is 3.97. The summed E-state index contributed by atoms with van der Waals surface area (Å²) in [5.74, 6) is -3.96. The first-order valence-electron chi connectivity index (χ1n) is 10.8. The molecule has 0 aromatic carbocycles. The Bertz CT molecular complexity index is 737. The molecule has 9 heteroatoms. The standard InChI is InChI=1S/C22H32N2O7/c1-5-29-20(26)17-14(3)23-15(4)18(21(27)30-6-2)19(17)22(28)31-13-16(25)24-11-9-7-8-10-12-24/h19,23H,5-13H2,1-4H3. The van der Waals surface area contributed by atoms with Crippen molar-refractivity contribution in [2.24, 2.45) is 5.92 Å². The number of amides is 1. The van der Waals surface area contributed by atoms with Gasteiger partial charge in [0.15, 0.2) is 6.61 Å². The highest BCUT2D eigenvalue weighted by Gasteiger charge is 2.42. The van der Waals surface area contributed by atoms with Crippen LogP contribution < -0.4 is 5.32 Å². The number of carbonyl (C=O) groups excluding carboxylic acids is 4. The molecule has 1 fully saturated rings. The van der Waals surface area contributed by atoms with Crippen molar-refractivity contribution in [2.45, 2.75) is 53.4 Å². The van der Waals surface area contributed by atoms with Gasteiger partial charge in [0, 0.05) is 24.5 Å². The van der Waals surface area contributed by atoms with Crippen LogP contribution in [0.15, 0.2) is 22.5 Å². The second kappa shape index (κ2) is 11.5. The summed E-state index contributed by atoms with van der Waals surface area (Å²) in [4.78, 5) is 52.5. The predicted molar refractivity (Wildman–Crippen MR) is 111 cm³/mol. The molecule has 0 spiro atoms. The molecule has 2 aliphatic heterocycles. The van der Waals surface area contributed by atoms with Gasteiger partial charge >= 0.3 is 17.9 Å². The van der Waals surface area contributed by atoms with Gasteiger partial charge in [0.2, 0.25) is 0 Å². The molecule has 1 N–H and O–H groups in total. The third-order valence-corrected chi connectivity index (χ3v) is 5.28. The molecule has 0 atom stereocenters. The van der Waals surface area contributed by atoms with Crippen LogP contribution in [0.25, 0.3) is 0 Å². The fourth-order valence-electron chi connectivity index (χ4n) is 3.82. The number of hydrogen-bond acceptors (Lipinski definition) is 8. The third-order valence-electron chi connectivity index (χ3n) is 5.28. The predicted octanol–water partition coefficient (Wildman–Crippen LogP) is 1.83. The minimum absolute atomic E-state index is 0.0253. The van der Waals surface area contributed by atoms with E-state index in [1.165, 1.54) is 0 Å². The zero-order valence-electron chi connectivity index (χ0n) is 18.7. The number of dihydropyridines is 1. The SMILES string of the molecule is CCOC(=O)C1=C(C)NC(C)=C(C(=O)OCC)C1C(=O)OCC(=O)N1CCCCCC1. The molecule has 0 aromatic heterocycles. The lowest BCUT2D eigenvalue weighted by atomic mass is 9.85. The van der Waals surface area contributed by atoms with Gasteiger partial charge < -0.3 is 24.4 Å². The molecule has 0 radical (unpaired) electrons. The Morgan fingerprint density at radius 1 is 0.839 bits per heavy atom. The number of ether oxygens (including phenoxy) is 3. The van der Waals surface area contributed by atoms with Crippen LogP contribution in [0.2, 0.25) is 0 Å². The average Bonchev–Trinajstić information content (AvgIpc) is 3.01. The van der Waals surface area contributed by atoms with Crippen LogP contribution in [0.3, 0.4) is 0 Å². The fraction of sp³-hybridized carbons (Fsp3) is 0.636. The summed E-state index contributed by atoms with van der Waals surface area (Å²) in [5, 5.41) is 2.94. The number of nitrogens with zero attached hydrogens (tertiary/aromatic N) is 1. The first kappa shape index (κ1) is 24.4. The van der Waals surface area contributed by atoms with Crippen molar-refractivity contribution in [1.29, 1.82) is 0 Å². The first-order valence-corrected chi connectivity index (χ1v) is 10.8. The van der Waals surface area contributed by atoms with Crippen LogP contribution in [-0.4, -0.2) is 61.6 Å². The molecule has 0 bridgehead atoms. The van der Waals surface area contributed by atoms with Gasteiger partial charge in [-0.25, -0.2) is 9.59 Å². The highest BCUT2D eigenvalue weighted by Crippen LogP contribution is 2.32. The lowest BCUT2D eigenvalue weighted by Crippen LogP contribution is -2.40. The second-order valence-corrected chi connectivity index (χ2v) is 7.48. The molecule has 172 valence electrons. The summed E-state index contributed by atoms with van der Waals surface area (Å²) < 4.78 is 15.5. The average molecular weight is 437 g/mol. The lowest BCUT2D eigenvalue weighted by molar-refractivity contribution is -0.156. The largest absolute Gasteiger partial charge is 0.463 e. The first-order chi connectivity index (χ1) is 14.8. The molecular weight excluding hydrogens is 404 g/mol. The van der Waals surface area contributed by atoms with Gasteiger partial charge in [-0.05, 0) is 40.5 Å². The molecule has 0 unspecified atom stereocenters. The van der Waals surface area contributed by atoms with Crippen LogP contribution in [0, 0.1) is 5.92 Å². The van der Waals surface area contributed by atoms with Gasteiger partial charge in [0.1, 0.15) is 5.92 Å². The summed E-state index contributed by atoms with van der Waals surface area (Å²) in [7, 11) is 0. The van der Waals surface area contributed by atoms with E-state index >= 15 is 0 Å². The van der Waals surface area contributed by atoms with Crippen molar-refractivity contribution in [2.75, 3.05) is 32.9 Å². The maximum absolute atomic E-state index is 13.1. The van der Waals surface area contributed by atoms with E-state index in [1.807, 2.05) is 0 Å². The van der Waals surface area contributed by atoms with Crippen molar-refractivity contribution in [3.8, 4) is 0 Å². The Morgan fingerprint density at radius 3 is 1.77 bits per heavy atom. The number of carbonyl (C=O) groups is 4. The molecule has 0 aliphatic carbocycles. The number of rotatable bonds is 7. The topological polar surface area (TPSA) is 111 Å². The van der Waals surface area contributed by atoms with Gasteiger partial charge in [-0.2, -0.15) is 0 Å². The lowest BCUT2D eigenvalue weighted by Gasteiger charge is -2.29. The Balaban J connectivity index is 2.26. The van der Waals surface area contributed by atoms with E-state index in [1.54, 1.807) is 32.6 Å². The Hall–Kier alpha value is -2.84. The number of hydrogen-bond donors (Lipinski definition) is 1. The molecule has 2 rings (SSSR count). The summed E-state index contributed by atoms with van der Waals surface area (Å²) in [6.45, 7) is 7.52. The van der Waals surface area contributed by atoms with Crippen LogP contribution in [0.5, 0.6) is 0 Å². The van der Waals surface area contributed by atoms with Crippen molar-refractivity contribution < 1.29 is 33.4 Å². The van der Waals surface area contributed by atoms with E-state index in [4.69, 9.17) is 14.2 Å². The summed E-state index contributed by atoms with van der Waals surface area (Å²) >= 11 is 0. The molecule has 31 heavy (non-hydrogen) atoms. The third kappa shape index (κ3) is 6.08. The number of allylic oxidation sites excluding steroid dienone is 2. The maximum Gasteiger partial charge on any atom is 0.337 e. The van der Waals surface area contributed by atoms with Crippen molar-refractivity contribution in [3.63, 3.8) is 0 Å². The molecule has 1 saturated heterocycles.